The third-order valence-electron chi connectivity index (χ3n) is 8.44. The highest BCUT2D eigenvalue weighted by Gasteiger charge is 2.50. The number of esters is 1. The number of thioether (sulfide) groups is 1. The standard InChI is InChI=1S/C29H39N9O16P2S/c1-3-4-5-19(39)35-14(8-21(40)57-2)28(42)53-24-17(52-27(23(24)41)38-13-34-22-25(31)32-12-33-26(22)38)11-50-56(47,48)54-15-9-20(37-7-6-18(30)36-29(37)43)51-16(15)10-49-55(44,45)46/h3,6-7,12-17,20,23-24,27,41H,1,4-5,8-11H2,2H3,(H,35,39)(H,47,48)(H2,30,36,43)(H2,31,32,33)(H2,44,45,46)/t14-,15-,16+,17+,20+,23+,24+,27+/m0/s1. The number of anilines is 2. The van der Waals surface area contributed by atoms with Gasteiger partial charge in [-0.25, -0.2) is 33.7 Å². The molecule has 2 aliphatic heterocycles. The Morgan fingerprint density at radius 2 is 1.86 bits per heavy atom. The number of phosphoric ester groups is 2. The third-order valence-corrected chi connectivity index (χ3v) is 10.6. The fourth-order valence-corrected chi connectivity index (χ4v) is 7.40. The van der Waals surface area contributed by atoms with Crippen molar-refractivity contribution < 1.29 is 71.1 Å². The number of aliphatic hydroxyl groups is 1. The van der Waals surface area contributed by atoms with Crippen molar-refractivity contribution in [2.24, 2.45) is 0 Å². The number of carbonyl (C=O) groups excluding carboxylic acids is 3. The number of nitrogens with zero attached hydrogens (tertiary/aromatic N) is 6. The van der Waals surface area contributed by atoms with E-state index in [1.165, 1.54) is 35.5 Å². The minimum Gasteiger partial charge on any atom is -0.455 e. The van der Waals surface area contributed by atoms with Crippen LogP contribution < -0.4 is 22.5 Å². The predicted octanol–water partition coefficient (Wildman–Crippen LogP) is -0.953. The quantitative estimate of drug-likeness (QED) is 0.0460. The Hall–Kier alpha value is -4.17. The summed E-state index contributed by atoms with van der Waals surface area (Å²) in [7, 11) is -10.3. The zero-order valence-corrected chi connectivity index (χ0v) is 32.4. The molecule has 1 amide bonds. The number of carbonyl (C=O) groups is 3. The van der Waals surface area contributed by atoms with Crippen LogP contribution in [0.1, 0.15) is 38.1 Å². The molecule has 25 nitrogen and oxygen atoms in total. The second kappa shape index (κ2) is 18.6. The molecule has 5 heterocycles. The van der Waals surface area contributed by atoms with Crippen LogP contribution in [0.2, 0.25) is 0 Å². The van der Waals surface area contributed by atoms with Crippen LogP contribution in [0.15, 0.2) is 42.4 Å². The van der Waals surface area contributed by atoms with Crippen molar-refractivity contribution in [1.82, 2.24) is 34.4 Å². The molecule has 57 heavy (non-hydrogen) atoms. The highest BCUT2D eigenvalue weighted by molar-refractivity contribution is 8.13. The number of hydrogen-bond donors (Lipinski definition) is 7. The number of phosphoric acid groups is 2. The topological polar surface area (TPSA) is 364 Å². The molecule has 3 aromatic heterocycles. The smallest absolute Gasteiger partial charge is 0.455 e. The zero-order valence-electron chi connectivity index (χ0n) is 29.8. The van der Waals surface area contributed by atoms with Gasteiger partial charge in [0.1, 0.15) is 54.3 Å². The first-order valence-corrected chi connectivity index (χ1v) is 20.9. The maximum atomic E-state index is 13.6. The molecule has 2 saturated heterocycles. The van der Waals surface area contributed by atoms with Crippen molar-refractivity contribution in [2.45, 2.75) is 74.7 Å². The summed E-state index contributed by atoms with van der Waals surface area (Å²) in [6.07, 6.45) is -4.85. The first-order valence-electron chi connectivity index (χ1n) is 16.7. The van der Waals surface area contributed by atoms with Gasteiger partial charge in [-0.05, 0) is 18.7 Å². The van der Waals surface area contributed by atoms with Gasteiger partial charge in [-0.1, -0.05) is 17.8 Å². The molecule has 9 atom stereocenters. The van der Waals surface area contributed by atoms with Crippen molar-refractivity contribution >= 4 is 67.2 Å². The van der Waals surface area contributed by atoms with Crippen LogP contribution >= 0.6 is 27.4 Å². The summed E-state index contributed by atoms with van der Waals surface area (Å²) < 4.78 is 59.5. The van der Waals surface area contributed by atoms with Gasteiger partial charge in [0.25, 0.3) is 0 Å². The molecule has 0 spiro atoms. The number of hydrogen-bond acceptors (Lipinski definition) is 20. The molecule has 2 fully saturated rings. The third kappa shape index (κ3) is 11.3. The predicted molar refractivity (Wildman–Crippen MR) is 194 cm³/mol. The Kier molecular flexibility index (Phi) is 14.3. The van der Waals surface area contributed by atoms with Gasteiger partial charge in [0.2, 0.25) is 5.91 Å². The van der Waals surface area contributed by atoms with Crippen molar-refractivity contribution in [3.05, 3.63) is 48.1 Å². The van der Waals surface area contributed by atoms with E-state index in [-0.39, 0.29) is 42.1 Å². The second-order valence-electron chi connectivity index (χ2n) is 12.4. The van der Waals surface area contributed by atoms with E-state index in [2.05, 4.69) is 36.4 Å². The van der Waals surface area contributed by atoms with Crippen LogP contribution in [0.4, 0.5) is 11.6 Å². The van der Waals surface area contributed by atoms with Gasteiger partial charge in [-0.15, -0.1) is 6.58 Å². The number of aliphatic hydroxyl groups excluding tert-OH is 1. The van der Waals surface area contributed by atoms with Gasteiger partial charge in [0.15, 0.2) is 28.9 Å². The maximum absolute atomic E-state index is 13.6. The van der Waals surface area contributed by atoms with Gasteiger partial charge in [-0.3, -0.25) is 32.3 Å². The Morgan fingerprint density at radius 3 is 2.54 bits per heavy atom. The summed E-state index contributed by atoms with van der Waals surface area (Å²) in [6.45, 7) is 1.75. The van der Waals surface area contributed by atoms with Gasteiger partial charge < -0.3 is 50.8 Å². The summed E-state index contributed by atoms with van der Waals surface area (Å²) in [5, 5.41) is 13.5. The Bertz CT molecular complexity index is 2120. The largest absolute Gasteiger partial charge is 0.472 e. The number of allylic oxidation sites excluding steroid dienone is 1. The van der Waals surface area contributed by atoms with E-state index in [9.17, 15) is 48.1 Å². The number of ether oxygens (including phenoxy) is 3. The summed E-state index contributed by atoms with van der Waals surface area (Å²) in [5.74, 6) is -1.89. The number of rotatable bonds is 18. The molecular weight excluding hydrogens is 824 g/mol. The monoisotopic (exact) mass is 863 g/mol. The molecule has 28 heteroatoms. The lowest BCUT2D eigenvalue weighted by Crippen LogP contribution is -2.47. The number of aromatic nitrogens is 6. The lowest BCUT2D eigenvalue weighted by atomic mass is 10.1. The molecule has 312 valence electrons. The molecule has 0 radical (unpaired) electrons. The second-order valence-corrected chi connectivity index (χ2v) is 15.9. The van der Waals surface area contributed by atoms with Crippen LogP contribution in [0.3, 0.4) is 0 Å². The fraction of sp³-hybridized carbons (Fsp3) is 0.517. The number of nitrogens with one attached hydrogen (secondary N) is 1. The minimum absolute atomic E-state index is 0.0128. The Balaban J connectivity index is 1.38. The molecule has 5 rings (SSSR count). The highest BCUT2D eigenvalue weighted by atomic mass is 32.2. The zero-order chi connectivity index (χ0) is 41.7. The highest BCUT2D eigenvalue weighted by Crippen LogP contribution is 2.50. The molecule has 9 N–H and O–H groups in total. The van der Waals surface area contributed by atoms with E-state index in [1.54, 1.807) is 0 Å². The van der Waals surface area contributed by atoms with E-state index in [0.29, 0.717) is 0 Å². The van der Waals surface area contributed by atoms with E-state index < -0.39 is 107 Å². The molecular formula is C29H39N9O16P2S. The number of amides is 1. The first-order chi connectivity index (χ1) is 26.9. The summed E-state index contributed by atoms with van der Waals surface area (Å²) in [6, 6.07) is -0.253. The summed E-state index contributed by atoms with van der Waals surface area (Å²) in [5.41, 5.74) is 10.8. The van der Waals surface area contributed by atoms with Gasteiger partial charge in [0, 0.05) is 25.5 Å². The number of nitrogen functional groups attached to an aromatic ring is 2. The molecule has 3 aromatic rings. The van der Waals surface area contributed by atoms with E-state index in [4.69, 9.17) is 34.7 Å². The van der Waals surface area contributed by atoms with Crippen LogP contribution in [0, 0.1) is 0 Å². The molecule has 0 aliphatic carbocycles. The molecule has 0 saturated carbocycles. The fourth-order valence-electron chi connectivity index (χ4n) is 5.76. The van der Waals surface area contributed by atoms with E-state index >= 15 is 0 Å². The normalized spacial score (nSPS) is 25.2. The van der Waals surface area contributed by atoms with Crippen molar-refractivity contribution in [3.8, 4) is 0 Å². The molecule has 1 unspecified atom stereocenters. The first kappa shape index (κ1) is 43.9. The van der Waals surface area contributed by atoms with Crippen LogP contribution in [-0.4, -0.2) is 122 Å². The summed E-state index contributed by atoms with van der Waals surface area (Å²) in [4.78, 5) is 96.0. The number of fused-ring (bicyclic) bond motifs is 1. The van der Waals surface area contributed by atoms with Gasteiger partial charge >= 0.3 is 27.3 Å². The molecule has 0 aromatic carbocycles. The minimum atomic E-state index is -5.23. The Morgan fingerprint density at radius 1 is 1.12 bits per heavy atom. The van der Waals surface area contributed by atoms with Crippen LogP contribution in [0.25, 0.3) is 11.2 Å². The lowest BCUT2D eigenvalue weighted by molar-refractivity contribution is -0.160. The van der Waals surface area contributed by atoms with Crippen LogP contribution in [-0.2, 0) is 51.3 Å². The lowest BCUT2D eigenvalue weighted by Gasteiger charge is -2.25. The summed E-state index contributed by atoms with van der Waals surface area (Å²) >= 11 is 0.794. The van der Waals surface area contributed by atoms with Gasteiger partial charge in [-0.2, -0.15) is 4.98 Å². The Labute approximate surface area is 325 Å². The van der Waals surface area contributed by atoms with Gasteiger partial charge in [0.05, 0.1) is 19.5 Å². The number of nitrogens with two attached hydrogens (primary N) is 2. The van der Waals surface area contributed by atoms with Crippen molar-refractivity contribution in [3.63, 3.8) is 0 Å². The van der Waals surface area contributed by atoms with Crippen LogP contribution in [0.5, 0.6) is 0 Å². The van der Waals surface area contributed by atoms with E-state index in [0.717, 1.165) is 22.7 Å². The molecule has 0 bridgehead atoms. The average Bonchev–Trinajstić information content (AvgIpc) is 3.83. The van der Waals surface area contributed by atoms with Crippen molar-refractivity contribution in [2.75, 3.05) is 30.9 Å². The number of imidazole rings is 1. The SMILES string of the molecule is C=CCCC(=O)N[C@@H](CC(=O)SC)C(=O)O[C@H]1[C@@H](O)[C@H](n2cnc3c(N)ncnc32)O[C@@H]1COP(=O)(O)O[C@H]1C[C@H](n2ccc(N)nc2=O)O[C@@H]1COP(=O)(O)O. The van der Waals surface area contributed by atoms with E-state index in [1.807, 2.05) is 0 Å². The molecule has 2 aliphatic rings. The maximum Gasteiger partial charge on any atom is 0.472 e. The average molecular weight is 864 g/mol. The van der Waals surface area contributed by atoms with Crippen molar-refractivity contribution in [1.29, 1.82) is 0 Å².